The van der Waals surface area contributed by atoms with E-state index in [1.807, 2.05) is 0 Å². The number of rotatable bonds is 2. The van der Waals surface area contributed by atoms with Gasteiger partial charge >= 0.3 is 0 Å². The highest BCUT2D eigenvalue weighted by atomic mass is 79.9. The number of hydrogen-bond acceptors (Lipinski definition) is 2. The summed E-state index contributed by atoms with van der Waals surface area (Å²) < 4.78 is 1.17. The fraction of sp³-hybridized carbons (Fsp3) is 0.538. The Kier molecular flexibility index (Phi) is 3.87. The molecule has 0 heterocycles. The zero-order valence-corrected chi connectivity index (χ0v) is 11.3. The third-order valence-electron chi connectivity index (χ3n) is 3.31. The van der Waals surface area contributed by atoms with Gasteiger partial charge < -0.3 is 11.1 Å². The molecule has 88 valence electrons. The van der Waals surface area contributed by atoms with Crippen LogP contribution in [0.25, 0.3) is 0 Å². The minimum atomic E-state index is 0.419. The van der Waals surface area contributed by atoms with Gasteiger partial charge in [0.2, 0.25) is 0 Å². The monoisotopic (exact) mass is 282 g/mol. The molecule has 1 fully saturated rings. The lowest BCUT2D eigenvalue weighted by atomic mass is 9.91. The smallest absolute Gasteiger partial charge is 0.0353 e. The summed E-state index contributed by atoms with van der Waals surface area (Å²) in [7, 11) is 0. The summed E-state index contributed by atoms with van der Waals surface area (Å²) in [5.74, 6) is 0. The van der Waals surface area contributed by atoms with Gasteiger partial charge in [0.25, 0.3) is 0 Å². The van der Waals surface area contributed by atoms with Crippen molar-refractivity contribution in [1.29, 1.82) is 0 Å². The molecule has 1 aliphatic rings. The van der Waals surface area contributed by atoms with Crippen molar-refractivity contribution < 1.29 is 0 Å². The number of nitrogens with two attached hydrogens (primary N) is 1. The molecule has 0 bridgehead atoms. The van der Waals surface area contributed by atoms with Crippen LogP contribution in [-0.4, -0.2) is 12.1 Å². The molecule has 1 aliphatic carbocycles. The molecule has 0 aliphatic heterocycles. The summed E-state index contributed by atoms with van der Waals surface area (Å²) in [6.07, 6.45) is 4.66. The second-order valence-electron chi connectivity index (χ2n) is 4.72. The standard InChI is InChI=1S/C13H19BrN2/c1-9-2-5-12(8-13(9)14)16-11-6-3-10(15)4-7-11/h2,5,8,10-11,16H,3-4,6-7,15H2,1H3. The summed E-state index contributed by atoms with van der Waals surface area (Å²) in [6, 6.07) is 7.46. The van der Waals surface area contributed by atoms with Crippen LogP contribution in [0.2, 0.25) is 0 Å². The van der Waals surface area contributed by atoms with E-state index in [0.717, 1.165) is 12.8 Å². The van der Waals surface area contributed by atoms with E-state index < -0.39 is 0 Å². The summed E-state index contributed by atoms with van der Waals surface area (Å²) >= 11 is 3.56. The van der Waals surface area contributed by atoms with Crippen molar-refractivity contribution in [3.8, 4) is 0 Å². The van der Waals surface area contributed by atoms with Crippen molar-refractivity contribution >= 4 is 21.6 Å². The highest BCUT2D eigenvalue weighted by molar-refractivity contribution is 9.10. The van der Waals surface area contributed by atoms with Crippen molar-refractivity contribution in [1.82, 2.24) is 0 Å². The SMILES string of the molecule is Cc1ccc(NC2CCC(N)CC2)cc1Br. The molecule has 0 aromatic heterocycles. The zero-order chi connectivity index (χ0) is 11.5. The van der Waals surface area contributed by atoms with E-state index in [4.69, 9.17) is 5.73 Å². The summed E-state index contributed by atoms with van der Waals surface area (Å²) in [5, 5.41) is 3.58. The number of benzene rings is 1. The highest BCUT2D eigenvalue weighted by Crippen LogP contribution is 2.24. The molecule has 1 saturated carbocycles. The van der Waals surface area contributed by atoms with Gasteiger partial charge in [-0.3, -0.25) is 0 Å². The van der Waals surface area contributed by atoms with E-state index in [-0.39, 0.29) is 0 Å². The molecular weight excluding hydrogens is 264 g/mol. The minimum Gasteiger partial charge on any atom is -0.382 e. The van der Waals surface area contributed by atoms with E-state index in [1.54, 1.807) is 0 Å². The average molecular weight is 283 g/mol. The molecule has 0 atom stereocenters. The normalized spacial score (nSPS) is 25.4. The molecule has 3 N–H and O–H groups in total. The predicted molar refractivity (Wildman–Crippen MR) is 72.7 cm³/mol. The fourth-order valence-electron chi connectivity index (χ4n) is 2.18. The van der Waals surface area contributed by atoms with Gasteiger partial charge in [-0.2, -0.15) is 0 Å². The molecule has 0 spiro atoms. The van der Waals surface area contributed by atoms with Gasteiger partial charge in [0.15, 0.2) is 0 Å². The first kappa shape index (κ1) is 11.9. The van der Waals surface area contributed by atoms with Crippen LogP contribution in [0.15, 0.2) is 22.7 Å². The second kappa shape index (κ2) is 5.19. The quantitative estimate of drug-likeness (QED) is 0.872. The Bertz CT molecular complexity index is 357. The molecule has 1 aromatic rings. The van der Waals surface area contributed by atoms with Gasteiger partial charge in [-0.1, -0.05) is 22.0 Å². The first-order chi connectivity index (χ1) is 7.65. The highest BCUT2D eigenvalue weighted by Gasteiger charge is 2.18. The van der Waals surface area contributed by atoms with Crippen LogP contribution in [0.1, 0.15) is 31.2 Å². The number of aryl methyl sites for hydroxylation is 1. The van der Waals surface area contributed by atoms with Crippen LogP contribution in [-0.2, 0) is 0 Å². The van der Waals surface area contributed by atoms with Crippen LogP contribution < -0.4 is 11.1 Å². The molecule has 0 saturated heterocycles. The fourth-order valence-corrected chi connectivity index (χ4v) is 2.56. The molecule has 1 aromatic carbocycles. The molecule has 2 nitrogen and oxygen atoms in total. The van der Waals surface area contributed by atoms with Gasteiger partial charge in [-0.25, -0.2) is 0 Å². The molecule has 0 unspecified atom stereocenters. The van der Waals surface area contributed by atoms with Crippen molar-refractivity contribution in [2.45, 2.75) is 44.7 Å². The van der Waals surface area contributed by atoms with Gasteiger partial charge in [0, 0.05) is 22.2 Å². The van der Waals surface area contributed by atoms with Gasteiger partial charge in [-0.15, -0.1) is 0 Å². The topological polar surface area (TPSA) is 38.0 Å². The zero-order valence-electron chi connectivity index (χ0n) is 9.67. The summed E-state index contributed by atoms with van der Waals surface area (Å²) in [5.41, 5.74) is 8.38. The lowest BCUT2D eigenvalue weighted by Gasteiger charge is -2.27. The molecule has 0 radical (unpaired) electrons. The molecule has 2 rings (SSSR count). The molecule has 3 heteroatoms. The van der Waals surface area contributed by atoms with Gasteiger partial charge in [0.1, 0.15) is 0 Å². The van der Waals surface area contributed by atoms with Crippen LogP contribution >= 0.6 is 15.9 Å². The first-order valence-corrected chi connectivity index (χ1v) is 6.73. The maximum Gasteiger partial charge on any atom is 0.0353 e. The Labute approximate surface area is 106 Å². The maximum atomic E-state index is 5.90. The van der Waals surface area contributed by atoms with E-state index in [0.29, 0.717) is 12.1 Å². The minimum absolute atomic E-state index is 0.419. The Hall–Kier alpha value is -0.540. The van der Waals surface area contributed by atoms with Gasteiger partial charge in [0.05, 0.1) is 0 Å². The maximum absolute atomic E-state index is 5.90. The number of nitrogens with one attached hydrogen (secondary N) is 1. The molecule has 0 amide bonds. The first-order valence-electron chi connectivity index (χ1n) is 5.93. The van der Waals surface area contributed by atoms with E-state index in [9.17, 15) is 0 Å². The van der Waals surface area contributed by atoms with Crippen molar-refractivity contribution in [2.24, 2.45) is 5.73 Å². The Balaban J connectivity index is 1.96. The Morgan fingerprint density at radius 3 is 2.56 bits per heavy atom. The van der Waals surface area contributed by atoms with E-state index in [2.05, 4.69) is 46.4 Å². The third kappa shape index (κ3) is 2.98. The second-order valence-corrected chi connectivity index (χ2v) is 5.57. The Morgan fingerprint density at radius 2 is 1.94 bits per heavy atom. The lowest BCUT2D eigenvalue weighted by molar-refractivity contribution is 0.411. The van der Waals surface area contributed by atoms with Crippen LogP contribution in [0, 0.1) is 6.92 Å². The van der Waals surface area contributed by atoms with Crippen LogP contribution in [0.3, 0.4) is 0 Å². The predicted octanol–water partition coefficient (Wildman–Crippen LogP) is 3.44. The Morgan fingerprint density at radius 1 is 1.25 bits per heavy atom. The lowest BCUT2D eigenvalue weighted by Crippen LogP contribution is -2.32. The summed E-state index contributed by atoms with van der Waals surface area (Å²) in [4.78, 5) is 0. The summed E-state index contributed by atoms with van der Waals surface area (Å²) in [6.45, 7) is 2.10. The third-order valence-corrected chi connectivity index (χ3v) is 4.17. The van der Waals surface area contributed by atoms with E-state index >= 15 is 0 Å². The van der Waals surface area contributed by atoms with E-state index in [1.165, 1.54) is 28.6 Å². The van der Waals surface area contributed by atoms with Crippen molar-refractivity contribution in [2.75, 3.05) is 5.32 Å². The average Bonchev–Trinajstić information content (AvgIpc) is 2.27. The number of halogens is 1. The van der Waals surface area contributed by atoms with Crippen LogP contribution in [0.4, 0.5) is 5.69 Å². The van der Waals surface area contributed by atoms with Crippen LogP contribution in [0.5, 0.6) is 0 Å². The molecular formula is C13H19BrN2. The largest absolute Gasteiger partial charge is 0.382 e. The number of anilines is 1. The van der Waals surface area contributed by atoms with Gasteiger partial charge in [-0.05, 0) is 50.3 Å². The van der Waals surface area contributed by atoms with Crippen molar-refractivity contribution in [3.05, 3.63) is 28.2 Å². The molecule has 16 heavy (non-hydrogen) atoms. The van der Waals surface area contributed by atoms with Crippen molar-refractivity contribution in [3.63, 3.8) is 0 Å². The number of hydrogen-bond donors (Lipinski definition) is 2.